The summed E-state index contributed by atoms with van der Waals surface area (Å²) in [5.41, 5.74) is 1.04. The van der Waals surface area contributed by atoms with Gasteiger partial charge in [-0.15, -0.1) is 0 Å². The molecule has 1 nitrogen and oxygen atoms in total. The van der Waals surface area contributed by atoms with Gasteiger partial charge in [0.15, 0.2) is 0 Å². The molecule has 17 heavy (non-hydrogen) atoms. The molecular weight excluding hydrogens is 227 g/mol. The molecule has 0 aliphatic rings. The zero-order valence-electron chi connectivity index (χ0n) is 10.1. The van der Waals surface area contributed by atoms with Crippen LogP contribution in [0.1, 0.15) is 32.3 Å². The molecule has 1 N–H and O–H groups in total. The first-order valence-electron chi connectivity index (χ1n) is 5.63. The van der Waals surface area contributed by atoms with E-state index in [9.17, 15) is 13.2 Å². The van der Waals surface area contributed by atoms with E-state index in [4.69, 9.17) is 0 Å². The Hall–Kier alpha value is -1.45. The van der Waals surface area contributed by atoms with Crippen molar-refractivity contribution in [2.45, 2.75) is 32.9 Å². The summed E-state index contributed by atoms with van der Waals surface area (Å²) in [5.74, 6) is -1.44. The SMILES string of the molecule is CC.CC(c1c[nH]c2ccccc12)C(F)(F)F. The van der Waals surface area contributed by atoms with Crippen LogP contribution in [0.2, 0.25) is 0 Å². The van der Waals surface area contributed by atoms with Crippen LogP contribution in [-0.4, -0.2) is 11.2 Å². The van der Waals surface area contributed by atoms with E-state index in [1.54, 1.807) is 24.3 Å². The summed E-state index contributed by atoms with van der Waals surface area (Å²) < 4.78 is 37.6. The van der Waals surface area contributed by atoms with Crippen LogP contribution in [0, 0.1) is 0 Å². The number of rotatable bonds is 1. The lowest BCUT2D eigenvalue weighted by atomic mass is 10.0. The van der Waals surface area contributed by atoms with Crippen molar-refractivity contribution >= 4 is 10.9 Å². The largest absolute Gasteiger partial charge is 0.395 e. The molecule has 0 spiro atoms. The van der Waals surface area contributed by atoms with Crippen LogP contribution in [0.25, 0.3) is 10.9 Å². The van der Waals surface area contributed by atoms with Crippen molar-refractivity contribution in [2.24, 2.45) is 0 Å². The Morgan fingerprint density at radius 3 is 2.29 bits per heavy atom. The predicted octanol–water partition coefficient (Wildman–Crippen LogP) is 4.86. The molecule has 2 rings (SSSR count). The van der Waals surface area contributed by atoms with Gasteiger partial charge in [-0.3, -0.25) is 0 Å². The molecule has 0 fully saturated rings. The van der Waals surface area contributed by atoms with Crippen LogP contribution in [0.4, 0.5) is 13.2 Å². The Morgan fingerprint density at radius 1 is 1.12 bits per heavy atom. The highest BCUT2D eigenvalue weighted by Gasteiger charge is 2.38. The van der Waals surface area contributed by atoms with E-state index in [1.165, 1.54) is 13.1 Å². The van der Waals surface area contributed by atoms with Crippen LogP contribution in [-0.2, 0) is 0 Å². The van der Waals surface area contributed by atoms with Crippen molar-refractivity contribution in [1.29, 1.82) is 0 Å². The molecule has 1 heterocycles. The highest BCUT2D eigenvalue weighted by molar-refractivity contribution is 5.83. The van der Waals surface area contributed by atoms with Gasteiger partial charge in [-0.05, 0) is 18.6 Å². The summed E-state index contributed by atoms with van der Waals surface area (Å²) in [6.07, 6.45) is -2.76. The molecule has 0 bridgehead atoms. The van der Waals surface area contributed by atoms with Gasteiger partial charge in [0, 0.05) is 17.1 Å². The number of hydrogen-bond donors (Lipinski definition) is 1. The molecule has 94 valence electrons. The second-order valence-corrected chi connectivity index (χ2v) is 3.55. The van der Waals surface area contributed by atoms with E-state index in [1.807, 2.05) is 13.8 Å². The van der Waals surface area contributed by atoms with Gasteiger partial charge in [-0.1, -0.05) is 32.0 Å². The van der Waals surface area contributed by atoms with Crippen molar-refractivity contribution < 1.29 is 13.2 Å². The normalized spacial score (nSPS) is 13.1. The van der Waals surface area contributed by atoms with E-state index in [0.29, 0.717) is 10.9 Å². The van der Waals surface area contributed by atoms with Gasteiger partial charge >= 0.3 is 6.18 Å². The van der Waals surface area contributed by atoms with Crippen LogP contribution in [0.5, 0.6) is 0 Å². The number of fused-ring (bicyclic) bond motifs is 1. The van der Waals surface area contributed by atoms with Crippen molar-refractivity contribution in [2.75, 3.05) is 0 Å². The van der Waals surface area contributed by atoms with E-state index < -0.39 is 12.1 Å². The highest BCUT2D eigenvalue weighted by atomic mass is 19.4. The number of aromatic nitrogens is 1. The van der Waals surface area contributed by atoms with Crippen molar-refractivity contribution in [3.8, 4) is 0 Å². The van der Waals surface area contributed by atoms with Crippen LogP contribution in [0.15, 0.2) is 30.5 Å². The lowest BCUT2D eigenvalue weighted by Gasteiger charge is -2.14. The van der Waals surface area contributed by atoms with Gasteiger partial charge in [0.25, 0.3) is 0 Å². The summed E-state index contributed by atoms with van der Waals surface area (Å²) in [4.78, 5) is 2.84. The Kier molecular flexibility index (Phi) is 4.21. The zero-order valence-corrected chi connectivity index (χ0v) is 10.1. The van der Waals surface area contributed by atoms with Crippen molar-refractivity contribution in [1.82, 2.24) is 4.98 Å². The number of aromatic amines is 1. The first-order chi connectivity index (χ1) is 8.00. The topological polar surface area (TPSA) is 15.8 Å². The van der Waals surface area contributed by atoms with Crippen LogP contribution in [0.3, 0.4) is 0 Å². The second kappa shape index (κ2) is 5.25. The highest BCUT2D eigenvalue weighted by Crippen LogP contribution is 2.37. The van der Waals surface area contributed by atoms with E-state index in [2.05, 4.69) is 4.98 Å². The molecule has 1 atom stereocenters. The zero-order chi connectivity index (χ0) is 13.1. The first kappa shape index (κ1) is 13.6. The number of benzene rings is 1. The summed E-state index contributed by atoms with van der Waals surface area (Å²) in [6, 6.07) is 7.00. The average molecular weight is 243 g/mol. The molecule has 1 aromatic carbocycles. The van der Waals surface area contributed by atoms with E-state index in [-0.39, 0.29) is 0 Å². The summed E-state index contributed by atoms with van der Waals surface area (Å²) >= 11 is 0. The van der Waals surface area contributed by atoms with Gasteiger partial charge in [0.05, 0.1) is 5.92 Å². The standard InChI is InChI=1S/C11H10F3N.C2H6/c1-7(11(12,13)14)9-6-15-10-5-3-2-4-8(9)10;1-2/h2-7,15H,1H3;1-2H3. The Labute approximate surface area is 98.6 Å². The Morgan fingerprint density at radius 2 is 1.71 bits per heavy atom. The molecule has 0 radical (unpaired) electrons. The van der Waals surface area contributed by atoms with Crippen molar-refractivity contribution in [3.05, 3.63) is 36.0 Å². The molecular formula is C13H16F3N. The lowest BCUT2D eigenvalue weighted by Crippen LogP contribution is -2.17. The lowest BCUT2D eigenvalue weighted by molar-refractivity contribution is -0.146. The average Bonchev–Trinajstić information content (AvgIpc) is 2.73. The number of hydrogen-bond acceptors (Lipinski definition) is 0. The maximum absolute atomic E-state index is 12.5. The van der Waals surface area contributed by atoms with Gasteiger partial charge in [-0.2, -0.15) is 13.2 Å². The molecule has 2 aromatic rings. The van der Waals surface area contributed by atoms with Crippen LogP contribution >= 0.6 is 0 Å². The fourth-order valence-corrected chi connectivity index (χ4v) is 1.63. The molecule has 1 aromatic heterocycles. The van der Waals surface area contributed by atoms with Gasteiger partial charge in [0.2, 0.25) is 0 Å². The predicted molar refractivity (Wildman–Crippen MR) is 64.1 cm³/mol. The smallest absolute Gasteiger partial charge is 0.361 e. The quantitative estimate of drug-likeness (QED) is 0.736. The minimum Gasteiger partial charge on any atom is -0.361 e. The maximum Gasteiger partial charge on any atom is 0.395 e. The molecule has 4 heteroatoms. The summed E-state index contributed by atoms with van der Waals surface area (Å²) in [5, 5.41) is 0.641. The molecule has 0 amide bonds. The number of nitrogens with one attached hydrogen (secondary N) is 1. The number of H-pyrrole nitrogens is 1. The fourth-order valence-electron chi connectivity index (χ4n) is 1.63. The third-order valence-corrected chi connectivity index (χ3v) is 2.58. The molecule has 0 saturated heterocycles. The Balaban J connectivity index is 0.000000686. The number of para-hydroxylation sites is 1. The monoisotopic (exact) mass is 243 g/mol. The summed E-state index contributed by atoms with van der Waals surface area (Å²) in [6.45, 7) is 5.18. The minimum atomic E-state index is -4.19. The summed E-state index contributed by atoms with van der Waals surface area (Å²) in [7, 11) is 0. The maximum atomic E-state index is 12.5. The number of alkyl halides is 3. The van der Waals surface area contributed by atoms with Crippen LogP contribution < -0.4 is 0 Å². The molecule has 1 unspecified atom stereocenters. The number of halogens is 3. The molecule has 0 aliphatic carbocycles. The first-order valence-corrected chi connectivity index (χ1v) is 5.63. The van der Waals surface area contributed by atoms with Crippen molar-refractivity contribution in [3.63, 3.8) is 0 Å². The third kappa shape index (κ3) is 2.81. The molecule has 0 aliphatic heterocycles. The van der Waals surface area contributed by atoms with E-state index in [0.717, 1.165) is 5.52 Å². The van der Waals surface area contributed by atoms with E-state index >= 15 is 0 Å². The second-order valence-electron chi connectivity index (χ2n) is 3.55. The van der Waals surface area contributed by atoms with Gasteiger partial charge < -0.3 is 4.98 Å². The van der Waals surface area contributed by atoms with Gasteiger partial charge in [0.1, 0.15) is 0 Å². The molecule has 0 saturated carbocycles. The third-order valence-electron chi connectivity index (χ3n) is 2.58. The fraction of sp³-hybridized carbons (Fsp3) is 0.385. The Bertz CT molecular complexity index is 471. The minimum absolute atomic E-state index is 0.304. The van der Waals surface area contributed by atoms with Gasteiger partial charge in [-0.25, -0.2) is 0 Å².